The predicted octanol–water partition coefficient (Wildman–Crippen LogP) is 4.74. The number of hydrogen-bond acceptors (Lipinski definition) is 2. The summed E-state index contributed by atoms with van der Waals surface area (Å²) in [5.41, 5.74) is 2.78. The van der Waals surface area contributed by atoms with Crippen LogP contribution in [0.4, 0.5) is 4.39 Å². The van der Waals surface area contributed by atoms with Gasteiger partial charge in [-0.25, -0.2) is 4.39 Å². The van der Waals surface area contributed by atoms with Gasteiger partial charge in [-0.3, -0.25) is 0 Å². The lowest BCUT2D eigenvalue weighted by atomic mass is 9.96. The molecule has 4 heteroatoms. The van der Waals surface area contributed by atoms with Crippen LogP contribution in [-0.4, -0.2) is 7.11 Å². The molecule has 0 unspecified atom stereocenters. The average molecular weight is 332 g/mol. The zero-order chi connectivity index (χ0) is 17.1. The smallest absolute Gasteiger partial charge is 0.228 e. The normalized spacial score (nSPS) is 12.1. The molecule has 0 saturated heterocycles. The molecule has 0 N–H and O–H groups in total. The Morgan fingerprint density at radius 2 is 1.84 bits per heavy atom. The van der Waals surface area contributed by atoms with Gasteiger partial charge in [0.15, 0.2) is 0 Å². The van der Waals surface area contributed by atoms with Gasteiger partial charge in [-0.2, -0.15) is 4.57 Å². The Labute approximate surface area is 143 Å². The van der Waals surface area contributed by atoms with Gasteiger partial charge in [0, 0.05) is 11.5 Å². The summed E-state index contributed by atoms with van der Waals surface area (Å²) in [6, 6.07) is 16.6. The van der Waals surface area contributed by atoms with Crippen LogP contribution in [0.1, 0.15) is 0 Å². The van der Waals surface area contributed by atoms with Crippen LogP contribution >= 0.6 is 0 Å². The second-order valence-electron chi connectivity index (χ2n) is 6.21. The fraction of sp³-hybridized carbons (Fsp3) is 0.0952. The van der Waals surface area contributed by atoms with Crippen molar-refractivity contribution in [3.8, 4) is 28.5 Å². The Kier molecular flexibility index (Phi) is 2.80. The highest BCUT2D eigenvalue weighted by Crippen LogP contribution is 2.46. The fourth-order valence-electron chi connectivity index (χ4n) is 3.73. The number of rotatable bonds is 1. The summed E-state index contributed by atoms with van der Waals surface area (Å²) in [6.07, 6.45) is 0. The third-order valence-electron chi connectivity index (χ3n) is 4.87. The maximum Gasteiger partial charge on any atom is 0.228 e. The summed E-state index contributed by atoms with van der Waals surface area (Å²) in [5, 5.41) is 3.13. The highest BCUT2D eigenvalue weighted by Gasteiger charge is 2.30. The van der Waals surface area contributed by atoms with Gasteiger partial charge in [-0.05, 0) is 36.4 Å². The van der Waals surface area contributed by atoms with Crippen LogP contribution in [0, 0.1) is 5.82 Å². The van der Waals surface area contributed by atoms with Gasteiger partial charge in [0.1, 0.15) is 30.1 Å². The van der Waals surface area contributed by atoms with E-state index in [1.54, 1.807) is 13.2 Å². The molecule has 0 fully saturated rings. The zero-order valence-corrected chi connectivity index (χ0v) is 13.8. The van der Waals surface area contributed by atoms with E-state index in [9.17, 15) is 4.39 Å². The highest BCUT2D eigenvalue weighted by molar-refractivity contribution is 6.12. The van der Waals surface area contributed by atoms with Crippen molar-refractivity contribution in [1.29, 1.82) is 0 Å². The van der Waals surface area contributed by atoms with Crippen LogP contribution in [0.5, 0.6) is 17.2 Å². The number of aryl methyl sites for hydroxylation is 1. The molecule has 4 aromatic rings. The third-order valence-corrected chi connectivity index (χ3v) is 4.87. The number of hydrogen-bond donors (Lipinski definition) is 0. The minimum Gasteiger partial charge on any atom is -0.497 e. The SMILES string of the molecule is COc1ccc2c(c1)c1cccc3c1c([n+]2C)-c1cc(F)ccc1O3. The second-order valence-corrected chi connectivity index (χ2v) is 6.21. The molecule has 0 amide bonds. The van der Waals surface area contributed by atoms with Crippen molar-refractivity contribution in [1.82, 2.24) is 0 Å². The molecule has 3 aromatic carbocycles. The minimum atomic E-state index is -0.273. The molecule has 1 aromatic heterocycles. The summed E-state index contributed by atoms with van der Waals surface area (Å²) in [5.74, 6) is 1.98. The summed E-state index contributed by atoms with van der Waals surface area (Å²) < 4.78 is 27.5. The van der Waals surface area contributed by atoms with E-state index in [2.05, 4.69) is 10.6 Å². The van der Waals surface area contributed by atoms with Gasteiger partial charge in [-0.15, -0.1) is 0 Å². The van der Waals surface area contributed by atoms with Gasteiger partial charge in [0.05, 0.1) is 23.4 Å². The summed E-state index contributed by atoms with van der Waals surface area (Å²) in [4.78, 5) is 0. The first-order chi connectivity index (χ1) is 12.2. The summed E-state index contributed by atoms with van der Waals surface area (Å²) in [7, 11) is 3.66. The largest absolute Gasteiger partial charge is 0.497 e. The number of methoxy groups -OCH3 is 1. The monoisotopic (exact) mass is 332 g/mol. The molecule has 0 spiro atoms. The first kappa shape index (κ1) is 14.2. The molecule has 0 aliphatic carbocycles. The number of aromatic nitrogens is 1. The van der Waals surface area contributed by atoms with Crippen LogP contribution in [0.3, 0.4) is 0 Å². The average Bonchev–Trinajstić information content (AvgIpc) is 2.64. The van der Waals surface area contributed by atoms with Gasteiger partial charge in [0.2, 0.25) is 11.2 Å². The van der Waals surface area contributed by atoms with Gasteiger partial charge < -0.3 is 9.47 Å². The zero-order valence-electron chi connectivity index (χ0n) is 13.8. The molecule has 0 atom stereocenters. The van der Waals surface area contributed by atoms with Crippen molar-refractivity contribution in [3.63, 3.8) is 0 Å². The van der Waals surface area contributed by atoms with Gasteiger partial charge in [0.25, 0.3) is 0 Å². The molecule has 0 bridgehead atoms. The lowest BCUT2D eigenvalue weighted by Crippen LogP contribution is -2.33. The molecule has 122 valence electrons. The highest BCUT2D eigenvalue weighted by atomic mass is 19.1. The van der Waals surface area contributed by atoms with Crippen LogP contribution in [0.15, 0.2) is 54.6 Å². The van der Waals surface area contributed by atoms with Gasteiger partial charge >= 0.3 is 0 Å². The quantitative estimate of drug-likeness (QED) is 0.327. The molecular weight excluding hydrogens is 317 g/mol. The minimum absolute atomic E-state index is 0.273. The van der Waals surface area contributed by atoms with Crippen molar-refractivity contribution in [2.75, 3.05) is 7.11 Å². The van der Waals surface area contributed by atoms with Crippen LogP contribution in [0.25, 0.3) is 32.9 Å². The lowest BCUT2D eigenvalue weighted by molar-refractivity contribution is -0.632. The first-order valence-electron chi connectivity index (χ1n) is 8.07. The van der Waals surface area contributed by atoms with E-state index < -0.39 is 0 Å². The van der Waals surface area contributed by atoms with Crippen molar-refractivity contribution >= 4 is 21.7 Å². The van der Waals surface area contributed by atoms with E-state index in [0.717, 1.165) is 44.4 Å². The Morgan fingerprint density at radius 1 is 0.960 bits per heavy atom. The molecular formula is C21H15FNO2+. The molecule has 2 heterocycles. The van der Waals surface area contributed by atoms with E-state index in [4.69, 9.17) is 9.47 Å². The lowest BCUT2D eigenvalue weighted by Gasteiger charge is -2.20. The van der Waals surface area contributed by atoms with Crippen molar-refractivity contribution in [3.05, 3.63) is 60.4 Å². The molecule has 1 aliphatic rings. The number of ether oxygens (including phenoxy) is 2. The van der Waals surface area contributed by atoms with E-state index in [-0.39, 0.29) is 5.82 Å². The van der Waals surface area contributed by atoms with Crippen LogP contribution in [0.2, 0.25) is 0 Å². The second kappa shape index (κ2) is 4.93. The van der Waals surface area contributed by atoms with Crippen LogP contribution in [-0.2, 0) is 7.05 Å². The van der Waals surface area contributed by atoms with Crippen molar-refractivity contribution in [2.45, 2.75) is 0 Å². The van der Waals surface area contributed by atoms with Crippen LogP contribution < -0.4 is 14.0 Å². The number of fused-ring (bicyclic) bond motifs is 4. The van der Waals surface area contributed by atoms with E-state index in [1.165, 1.54) is 12.1 Å². The molecule has 0 saturated carbocycles. The van der Waals surface area contributed by atoms with E-state index in [0.29, 0.717) is 5.75 Å². The summed E-state index contributed by atoms with van der Waals surface area (Å²) in [6.45, 7) is 0. The third kappa shape index (κ3) is 1.88. The molecule has 25 heavy (non-hydrogen) atoms. The van der Waals surface area contributed by atoms with Gasteiger partial charge in [-0.1, -0.05) is 12.1 Å². The maximum atomic E-state index is 13.9. The predicted molar refractivity (Wildman–Crippen MR) is 94.7 cm³/mol. The van der Waals surface area contributed by atoms with Crippen molar-refractivity contribution in [2.24, 2.45) is 7.05 Å². The number of nitrogens with zero attached hydrogens (tertiary/aromatic N) is 1. The molecule has 0 radical (unpaired) electrons. The van der Waals surface area contributed by atoms with Crippen molar-refractivity contribution < 1.29 is 18.4 Å². The van der Waals surface area contributed by atoms with E-state index in [1.807, 2.05) is 37.4 Å². The Morgan fingerprint density at radius 3 is 2.68 bits per heavy atom. The molecule has 5 rings (SSSR count). The topological polar surface area (TPSA) is 22.3 Å². The van der Waals surface area contributed by atoms with E-state index >= 15 is 0 Å². The molecule has 1 aliphatic heterocycles. The number of benzene rings is 3. The first-order valence-corrected chi connectivity index (χ1v) is 8.07. The summed E-state index contributed by atoms with van der Waals surface area (Å²) >= 11 is 0. The fourth-order valence-corrected chi connectivity index (χ4v) is 3.73. The maximum absolute atomic E-state index is 13.9. The Bertz CT molecular complexity index is 1180. The Balaban J connectivity index is 2.03. The Hall–Kier alpha value is -3.14. The standard InChI is InChI=1S/C21H15FNO2/c1-23-17-8-7-13(24-2)11-15(17)14-4-3-5-19-20(14)21(23)16-10-12(22)6-9-18(16)25-19/h3-11H,1-2H3/q+1. The number of halogens is 1. The number of pyridine rings is 1. The molecule has 3 nitrogen and oxygen atoms in total.